The molecule has 2 heterocycles. The van der Waals surface area contributed by atoms with Crippen LogP contribution in [0.1, 0.15) is 29.5 Å². The summed E-state index contributed by atoms with van der Waals surface area (Å²) in [5.41, 5.74) is 5.37. The number of amides is 1. The summed E-state index contributed by atoms with van der Waals surface area (Å²) in [6.07, 6.45) is 2.12. The summed E-state index contributed by atoms with van der Waals surface area (Å²) in [6, 6.07) is 21.7. The number of hydrogen-bond acceptors (Lipinski definition) is 3. The molecule has 0 aromatic heterocycles. The first-order valence-electron chi connectivity index (χ1n) is 12.4. The van der Waals surface area contributed by atoms with Crippen LogP contribution in [0.5, 0.6) is 0 Å². The Kier molecular flexibility index (Phi) is 6.37. The predicted octanol–water partition coefficient (Wildman–Crippen LogP) is 5.02. The second kappa shape index (κ2) is 9.56. The van der Waals surface area contributed by atoms with Crippen LogP contribution in [0.3, 0.4) is 0 Å². The summed E-state index contributed by atoms with van der Waals surface area (Å²) in [5.74, 6) is 0.485. The van der Waals surface area contributed by atoms with Gasteiger partial charge in [0.1, 0.15) is 0 Å². The third-order valence-corrected chi connectivity index (χ3v) is 7.64. The highest BCUT2D eigenvalue weighted by Gasteiger charge is 2.31. The van der Waals surface area contributed by atoms with Crippen molar-refractivity contribution < 1.29 is 4.79 Å². The van der Waals surface area contributed by atoms with E-state index in [4.69, 9.17) is 0 Å². The maximum absolute atomic E-state index is 13.4. The van der Waals surface area contributed by atoms with Crippen molar-refractivity contribution in [1.29, 1.82) is 0 Å². The van der Waals surface area contributed by atoms with Crippen LogP contribution in [0.25, 0.3) is 10.8 Å². The Morgan fingerprint density at radius 1 is 0.879 bits per heavy atom. The van der Waals surface area contributed by atoms with E-state index in [9.17, 15) is 4.79 Å². The van der Waals surface area contributed by atoms with Crippen molar-refractivity contribution >= 4 is 22.4 Å². The maximum Gasteiger partial charge on any atom is 0.227 e. The Balaban J connectivity index is 1.20. The summed E-state index contributed by atoms with van der Waals surface area (Å²) in [4.78, 5) is 20.5. The Morgan fingerprint density at radius 2 is 1.64 bits per heavy atom. The van der Waals surface area contributed by atoms with Crippen LogP contribution >= 0.6 is 0 Å². The summed E-state index contributed by atoms with van der Waals surface area (Å²) in [6.45, 7) is 10.7. The molecule has 5 rings (SSSR count). The van der Waals surface area contributed by atoms with Gasteiger partial charge in [-0.3, -0.25) is 9.69 Å². The number of likely N-dealkylation sites (tertiary alicyclic amines) is 1. The average molecular weight is 442 g/mol. The van der Waals surface area contributed by atoms with Crippen molar-refractivity contribution in [1.82, 2.24) is 9.80 Å². The largest absolute Gasteiger partial charge is 0.368 e. The molecule has 33 heavy (non-hydrogen) atoms. The van der Waals surface area contributed by atoms with Crippen LogP contribution < -0.4 is 4.90 Å². The molecule has 2 fully saturated rings. The zero-order chi connectivity index (χ0) is 22.8. The van der Waals surface area contributed by atoms with E-state index in [1.807, 2.05) is 0 Å². The number of aryl methyl sites for hydroxylation is 1. The molecule has 1 atom stereocenters. The lowest BCUT2D eigenvalue weighted by Crippen LogP contribution is -2.52. The smallest absolute Gasteiger partial charge is 0.227 e. The van der Waals surface area contributed by atoms with Crippen LogP contribution in [-0.4, -0.2) is 55.0 Å². The van der Waals surface area contributed by atoms with E-state index in [-0.39, 0.29) is 5.92 Å². The number of benzene rings is 3. The number of piperidine rings is 1. The van der Waals surface area contributed by atoms with Gasteiger partial charge in [0.25, 0.3) is 0 Å². The van der Waals surface area contributed by atoms with Crippen LogP contribution in [0.4, 0.5) is 5.69 Å². The number of rotatable bonds is 4. The highest BCUT2D eigenvalue weighted by Crippen LogP contribution is 2.27. The molecule has 3 aromatic carbocycles. The molecule has 0 bridgehead atoms. The molecule has 0 spiro atoms. The molecule has 2 aliphatic heterocycles. The Morgan fingerprint density at radius 3 is 2.48 bits per heavy atom. The number of hydrogen-bond donors (Lipinski definition) is 0. The third-order valence-electron chi connectivity index (χ3n) is 7.64. The zero-order valence-corrected chi connectivity index (χ0v) is 20.0. The third kappa shape index (κ3) is 4.63. The number of piperazine rings is 1. The van der Waals surface area contributed by atoms with Gasteiger partial charge in [-0.1, -0.05) is 54.6 Å². The van der Waals surface area contributed by atoms with Crippen molar-refractivity contribution in [3.63, 3.8) is 0 Å². The molecule has 4 heteroatoms. The molecule has 1 amide bonds. The average Bonchev–Trinajstić information content (AvgIpc) is 2.86. The lowest BCUT2D eigenvalue weighted by Gasteiger charge is -2.40. The van der Waals surface area contributed by atoms with Gasteiger partial charge < -0.3 is 9.80 Å². The molecular formula is C29H35N3O. The van der Waals surface area contributed by atoms with Crippen molar-refractivity contribution in [2.24, 2.45) is 5.92 Å². The van der Waals surface area contributed by atoms with Gasteiger partial charge >= 0.3 is 0 Å². The van der Waals surface area contributed by atoms with E-state index in [1.165, 1.54) is 33.2 Å². The minimum atomic E-state index is 0.126. The first-order valence-corrected chi connectivity index (χ1v) is 12.4. The van der Waals surface area contributed by atoms with Crippen molar-refractivity contribution in [2.45, 2.75) is 33.2 Å². The number of nitrogens with zero attached hydrogens (tertiary/aromatic N) is 3. The normalized spacial score (nSPS) is 19.8. The molecule has 4 nitrogen and oxygen atoms in total. The van der Waals surface area contributed by atoms with Gasteiger partial charge in [-0.05, 0) is 66.8 Å². The maximum atomic E-state index is 13.4. The van der Waals surface area contributed by atoms with Crippen molar-refractivity contribution in [3.8, 4) is 0 Å². The number of anilines is 1. The fraction of sp³-hybridized carbons (Fsp3) is 0.414. The molecule has 172 valence electrons. The topological polar surface area (TPSA) is 26.8 Å². The summed E-state index contributed by atoms with van der Waals surface area (Å²) < 4.78 is 0. The van der Waals surface area contributed by atoms with E-state index in [0.29, 0.717) is 5.91 Å². The predicted molar refractivity (Wildman–Crippen MR) is 137 cm³/mol. The SMILES string of the molecule is Cc1cccc(N2CCN(C(=O)C3CCCN(Cc4cccc5ccccc45)C3)CC2)c1C. The minimum absolute atomic E-state index is 0.126. The van der Waals surface area contributed by atoms with Crippen LogP contribution in [-0.2, 0) is 11.3 Å². The van der Waals surface area contributed by atoms with E-state index in [2.05, 4.69) is 89.2 Å². The lowest BCUT2D eigenvalue weighted by molar-refractivity contribution is -0.137. The fourth-order valence-electron chi connectivity index (χ4n) is 5.58. The van der Waals surface area contributed by atoms with Crippen LogP contribution in [0, 0.1) is 19.8 Å². The fourth-order valence-corrected chi connectivity index (χ4v) is 5.58. The Labute approximate surface area is 197 Å². The van der Waals surface area contributed by atoms with E-state index >= 15 is 0 Å². The summed E-state index contributed by atoms with van der Waals surface area (Å²) >= 11 is 0. The van der Waals surface area contributed by atoms with E-state index in [1.54, 1.807) is 0 Å². The molecule has 0 N–H and O–H groups in total. The van der Waals surface area contributed by atoms with E-state index < -0.39 is 0 Å². The molecular weight excluding hydrogens is 406 g/mol. The summed E-state index contributed by atoms with van der Waals surface area (Å²) in [5, 5.41) is 2.62. The highest BCUT2D eigenvalue weighted by atomic mass is 16.2. The minimum Gasteiger partial charge on any atom is -0.368 e. The van der Waals surface area contributed by atoms with Crippen LogP contribution in [0.2, 0.25) is 0 Å². The lowest BCUT2D eigenvalue weighted by atomic mass is 9.95. The van der Waals surface area contributed by atoms with Crippen molar-refractivity contribution in [2.75, 3.05) is 44.2 Å². The van der Waals surface area contributed by atoms with Crippen molar-refractivity contribution in [3.05, 3.63) is 77.4 Å². The quantitative estimate of drug-likeness (QED) is 0.569. The highest BCUT2D eigenvalue weighted by molar-refractivity contribution is 5.85. The first kappa shape index (κ1) is 22.0. The van der Waals surface area contributed by atoms with E-state index in [0.717, 1.165) is 58.7 Å². The van der Waals surface area contributed by atoms with Gasteiger partial charge in [-0.15, -0.1) is 0 Å². The van der Waals surface area contributed by atoms with Gasteiger partial charge in [0, 0.05) is 45.0 Å². The van der Waals surface area contributed by atoms with Gasteiger partial charge in [0.05, 0.1) is 5.92 Å². The number of carbonyl (C=O) groups is 1. The Bertz CT molecular complexity index is 1130. The monoisotopic (exact) mass is 441 g/mol. The first-order chi connectivity index (χ1) is 16.1. The zero-order valence-electron chi connectivity index (χ0n) is 20.0. The van der Waals surface area contributed by atoms with Crippen LogP contribution in [0.15, 0.2) is 60.7 Å². The Hall–Kier alpha value is -2.85. The van der Waals surface area contributed by atoms with Gasteiger partial charge in [0.2, 0.25) is 5.91 Å². The second-order valence-corrected chi connectivity index (χ2v) is 9.74. The summed E-state index contributed by atoms with van der Waals surface area (Å²) in [7, 11) is 0. The number of carbonyl (C=O) groups excluding carboxylic acids is 1. The molecule has 0 saturated carbocycles. The number of fused-ring (bicyclic) bond motifs is 1. The molecule has 1 unspecified atom stereocenters. The van der Waals surface area contributed by atoms with Gasteiger partial charge in [0.15, 0.2) is 0 Å². The van der Waals surface area contributed by atoms with Gasteiger partial charge in [-0.2, -0.15) is 0 Å². The molecule has 3 aromatic rings. The van der Waals surface area contributed by atoms with Gasteiger partial charge in [-0.25, -0.2) is 0 Å². The molecule has 0 radical (unpaired) electrons. The molecule has 0 aliphatic carbocycles. The molecule has 2 saturated heterocycles. The standard InChI is InChI=1S/C29H35N3O/c1-22-8-5-14-28(23(22)2)31-16-18-32(19-17-31)29(33)26-12-7-15-30(21-26)20-25-11-6-10-24-9-3-4-13-27(24)25/h3-6,8-11,13-14,26H,7,12,15-21H2,1-2H3. The molecule has 2 aliphatic rings. The second-order valence-electron chi connectivity index (χ2n) is 9.74.